The van der Waals surface area contributed by atoms with Crippen molar-refractivity contribution in [3.05, 3.63) is 35.1 Å². The molecular weight excluding hydrogens is 363 g/mol. The van der Waals surface area contributed by atoms with E-state index in [0.29, 0.717) is 38.6 Å². The van der Waals surface area contributed by atoms with E-state index in [2.05, 4.69) is 20.3 Å². The van der Waals surface area contributed by atoms with Crippen LogP contribution in [0.25, 0.3) is 0 Å². The van der Waals surface area contributed by atoms with Crippen molar-refractivity contribution in [2.45, 2.75) is 25.6 Å². The highest BCUT2D eigenvalue weighted by atomic mass is 32.2. The third-order valence-electron chi connectivity index (χ3n) is 3.23. The summed E-state index contributed by atoms with van der Waals surface area (Å²) >= 11 is 1.64. The Morgan fingerprint density at radius 2 is 2.00 bits per heavy atom. The highest BCUT2D eigenvalue weighted by Crippen LogP contribution is 2.17. The van der Waals surface area contributed by atoms with Gasteiger partial charge in [-0.05, 0) is 42.9 Å². The summed E-state index contributed by atoms with van der Waals surface area (Å²) in [6.07, 6.45) is 3.76. The summed E-state index contributed by atoms with van der Waals surface area (Å²) in [4.78, 5) is 4.53. The molecule has 6 nitrogen and oxygen atoms in total. The predicted octanol–water partition coefficient (Wildman–Crippen LogP) is 1.68. The van der Waals surface area contributed by atoms with Crippen LogP contribution in [0, 0.1) is 5.82 Å². The number of nitrogens with one attached hydrogen (secondary N) is 3. The Kier molecular flexibility index (Phi) is 9.84. The zero-order valence-corrected chi connectivity index (χ0v) is 16.6. The van der Waals surface area contributed by atoms with Crippen molar-refractivity contribution in [2.24, 2.45) is 4.99 Å². The molecule has 0 aliphatic heterocycles. The second kappa shape index (κ2) is 11.3. The van der Waals surface area contributed by atoms with Gasteiger partial charge >= 0.3 is 0 Å². The first kappa shape index (κ1) is 21.7. The molecule has 0 saturated heterocycles. The van der Waals surface area contributed by atoms with Gasteiger partial charge in [0.25, 0.3) is 0 Å². The summed E-state index contributed by atoms with van der Waals surface area (Å²) in [7, 11) is -3.15. The van der Waals surface area contributed by atoms with Crippen molar-refractivity contribution >= 4 is 27.7 Å². The molecule has 0 bridgehead atoms. The molecule has 1 aromatic rings. The van der Waals surface area contributed by atoms with Gasteiger partial charge in [0.2, 0.25) is 10.0 Å². The summed E-state index contributed by atoms with van der Waals surface area (Å²) in [6.45, 7) is 4.11. The Balaban J connectivity index is 2.60. The second-order valence-electron chi connectivity index (χ2n) is 5.49. The van der Waals surface area contributed by atoms with E-state index in [0.717, 1.165) is 23.1 Å². The molecule has 0 spiro atoms. The molecule has 0 aromatic heterocycles. The Hall–Kier alpha value is -1.32. The Bertz CT molecular complexity index is 666. The lowest BCUT2D eigenvalue weighted by atomic mass is 10.1. The normalized spacial score (nSPS) is 12.2. The summed E-state index contributed by atoms with van der Waals surface area (Å²) in [5.41, 5.74) is 1.94. The van der Waals surface area contributed by atoms with E-state index in [9.17, 15) is 12.8 Å². The van der Waals surface area contributed by atoms with E-state index >= 15 is 0 Å². The maximum Gasteiger partial charge on any atom is 0.208 e. The van der Waals surface area contributed by atoms with Crippen LogP contribution in [-0.2, 0) is 22.3 Å². The molecule has 0 unspecified atom stereocenters. The number of thioether (sulfide) groups is 1. The summed E-state index contributed by atoms with van der Waals surface area (Å²) in [5.74, 6) is 1.16. The topological polar surface area (TPSA) is 82.6 Å². The molecule has 142 valence electrons. The number of rotatable bonds is 10. The van der Waals surface area contributed by atoms with Crippen molar-refractivity contribution in [1.82, 2.24) is 15.4 Å². The van der Waals surface area contributed by atoms with Crippen LogP contribution in [0.2, 0.25) is 0 Å². The van der Waals surface area contributed by atoms with E-state index in [4.69, 9.17) is 0 Å². The molecule has 0 radical (unpaired) electrons. The minimum atomic E-state index is -3.15. The minimum absolute atomic E-state index is 0.236. The van der Waals surface area contributed by atoms with Gasteiger partial charge in [-0.25, -0.2) is 22.5 Å². The first-order valence-electron chi connectivity index (χ1n) is 8.08. The lowest BCUT2D eigenvalue weighted by Gasteiger charge is -2.12. The van der Waals surface area contributed by atoms with Crippen LogP contribution in [-0.4, -0.2) is 46.5 Å². The number of halogens is 1. The molecule has 0 heterocycles. The predicted molar refractivity (Wildman–Crippen MR) is 104 cm³/mol. The fourth-order valence-electron chi connectivity index (χ4n) is 2.10. The number of hydrogen-bond acceptors (Lipinski definition) is 4. The lowest BCUT2D eigenvalue weighted by molar-refractivity contribution is 0.584. The molecule has 0 amide bonds. The van der Waals surface area contributed by atoms with Crippen LogP contribution >= 0.6 is 11.8 Å². The number of benzene rings is 1. The Morgan fingerprint density at radius 3 is 2.64 bits per heavy atom. The summed E-state index contributed by atoms with van der Waals surface area (Å²) < 4.78 is 37.8. The van der Waals surface area contributed by atoms with E-state index in [-0.39, 0.29) is 5.82 Å². The molecule has 1 aromatic carbocycles. The van der Waals surface area contributed by atoms with E-state index < -0.39 is 10.0 Å². The van der Waals surface area contributed by atoms with Crippen LogP contribution in [0.15, 0.2) is 23.2 Å². The first-order valence-corrected chi connectivity index (χ1v) is 11.4. The molecule has 0 fully saturated rings. The van der Waals surface area contributed by atoms with Crippen LogP contribution in [0.5, 0.6) is 0 Å². The van der Waals surface area contributed by atoms with Crippen molar-refractivity contribution in [2.75, 3.05) is 32.1 Å². The largest absolute Gasteiger partial charge is 0.357 e. The molecule has 0 aliphatic carbocycles. The van der Waals surface area contributed by atoms with Gasteiger partial charge in [-0.3, -0.25) is 0 Å². The minimum Gasteiger partial charge on any atom is -0.357 e. The molecule has 9 heteroatoms. The summed E-state index contributed by atoms with van der Waals surface area (Å²) in [5, 5.41) is 6.31. The third-order valence-corrected chi connectivity index (χ3v) is 4.56. The van der Waals surface area contributed by atoms with Crippen molar-refractivity contribution in [3.8, 4) is 0 Å². The maximum absolute atomic E-state index is 13.4. The first-order chi connectivity index (χ1) is 11.9. The molecule has 1 rings (SSSR count). The molecule has 0 saturated carbocycles. The standard InChI is InChI=1S/C16H27FN4O2S2/c1-4-18-16(19-8-5-9-21-25(3,22)23)20-11-13-6-7-15(17)10-14(13)12-24-2/h6-7,10,21H,4-5,8-9,11-12H2,1-3H3,(H2,18,19,20). The van der Waals surface area contributed by atoms with Crippen LogP contribution < -0.4 is 15.4 Å². The van der Waals surface area contributed by atoms with Gasteiger partial charge in [0.05, 0.1) is 12.8 Å². The van der Waals surface area contributed by atoms with Crippen LogP contribution in [0.3, 0.4) is 0 Å². The van der Waals surface area contributed by atoms with E-state index in [1.165, 1.54) is 6.07 Å². The summed E-state index contributed by atoms with van der Waals surface area (Å²) in [6, 6.07) is 4.77. The van der Waals surface area contributed by atoms with Gasteiger partial charge in [0.1, 0.15) is 5.82 Å². The third kappa shape index (κ3) is 9.66. The molecular formula is C16H27FN4O2S2. The van der Waals surface area contributed by atoms with Gasteiger partial charge in [0, 0.05) is 25.4 Å². The Morgan fingerprint density at radius 1 is 1.24 bits per heavy atom. The molecule has 25 heavy (non-hydrogen) atoms. The van der Waals surface area contributed by atoms with Gasteiger partial charge in [0.15, 0.2) is 5.96 Å². The smallest absolute Gasteiger partial charge is 0.208 e. The van der Waals surface area contributed by atoms with Gasteiger partial charge in [-0.1, -0.05) is 6.07 Å². The number of aliphatic imine (C=N–C) groups is 1. The average Bonchev–Trinajstić information content (AvgIpc) is 2.52. The quantitative estimate of drug-likeness (QED) is 0.322. The molecule has 0 atom stereocenters. The molecule has 0 aliphatic rings. The van der Waals surface area contributed by atoms with E-state index in [1.807, 2.05) is 13.2 Å². The van der Waals surface area contributed by atoms with Gasteiger partial charge in [-0.2, -0.15) is 11.8 Å². The number of nitrogens with zero attached hydrogens (tertiary/aromatic N) is 1. The second-order valence-corrected chi connectivity index (χ2v) is 8.19. The average molecular weight is 391 g/mol. The highest BCUT2D eigenvalue weighted by Gasteiger charge is 2.05. The molecule has 3 N–H and O–H groups in total. The van der Waals surface area contributed by atoms with Crippen LogP contribution in [0.4, 0.5) is 4.39 Å². The number of sulfonamides is 1. The fourth-order valence-corrected chi connectivity index (χ4v) is 3.19. The SMILES string of the molecule is CCNC(=NCc1ccc(F)cc1CSC)NCCCNS(C)(=O)=O. The Labute approximate surface area is 154 Å². The number of guanidine groups is 1. The van der Waals surface area contributed by atoms with Crippen molar-refractivity contribution in [3.63, 3.8) is 0 Å². The lowest BCUT2D eigenvalue weighted by Crippen LogP contribution is -2.38. The zero-order valence-electron chi connectivity index (χ0n) is 14.9. The number of hydrogen-bond donors (Lipinski definition) is 3. The van der Waals surface area contributed by atoms with Crippen molar-refractivity contribution < 1.29 is 12.8 Å². The monoisotopic (exact) mass is 390 g/mol. The van der Waals surface area contributed by atoms with Crippen molar-refractivity contribution in [1.29, 1.82) is 0 Å². The van der Waals surface area contributed by atoms with Crippen LogP contribution in [0.1, 0.15) is 24.5 Å². The van der Waals surface area contributed by atoms with Gasteiger partial charge in [-0.15, -0.1) is 0 Å². The maximum atomic E-state index is 13.4. The van der Waals surface area contributed by atoms with Gasteiger partial charge < -0.3 is 10.6 Å². The highest BCUT2D eigenvalue weighted by molar-refractivity contribution is 7.97. The zero-order chi connectivity index (χ0) is 18.7. The fraction of sp³-hybridized carbons (Fsp3) is 0.562. The van der Waals surface area contributed by atoms with E-state index in [1.54, 1.807) is 23.9 Å².